The molecule has 7 nitrogen and oxygen atoms in total. The van der Waals surface area contributed by atoms with Gasteiger partial charge >= 0.3 is 5.97 Å². The summed E-state index contributed by atoms with van der Waals surface area (Å²) in [5.41, 5.74) is -0.367. The van der Waals surface area contributed by atoms with Gasteiger partial charge in [0.1, 0.15) is 18.8 Å². The first-order valence-electron chi connectivity index (χ1n) is 8.59. The second-order valence-electron chi connectivity index (χ2n) is 6.18. The molecule has 0 fully saturated rings. The third kappa shape index (κ3) is 4.78. The Morgan fingerprint density at radius 3 is 2.56 bits per heavy atom. The van der Waals surface area contributed by atoms with Crippen LogP contribution in [0.5, 0.6) is 0 Å². The van der Waals surface area contributed by atoms with E-state index in [0.717, 1.165) is 5.39 Å². The number of aliphatic carboxylic acids is 1. The number of ketones is 1. The van der Waals surface area contributed by atoms with Gasteiger partial charge in [-0.3, -0.25) is 19.2 Å². The largest absolute Gasteiger partial charge is 0.481 e. The summed E-state index contributed by atoms with van der Waals surface area (Å²) in [6.07, 6.45) is 1.64. The highest BCUT2D eigenvalue weighted by molar-refractivity contribution is 5.93. The van der Waals surface area contributed by atoms with Crippen LogP contribution in [-0.2, 0) is 14.4 Å². The number of carbonyl (C=O) groups is 3. The third-order valence-corrected chi connectivity index (χ3v) is 4.26. The summed E-state index contributed by atoms with van der Waals surface area (Å²) in [5.74, 6) is -3.05. The van der Waals surface area contributed by atoms with Crippen LogP contribution in [0.2, 0.25) is 0 Å². The molecule has 144 valence electrons. The number of alkyl halides is 1. The Kier molecular flexibility index (Phi) is 6.81. The lowest BCUT2D eigenvalue weighted by molar-refractivity contribution is -0.140. The van der Waals surface area contributed by atoms with Crippen molar-refractivity contribution in [3.05, 3.63) is 46.9 Å². The molecule has 1 amide bonds. The van der Waals surface area contributed by atoms with E-state index in [0.29, 0.717) is 18.2 Å². The van der Waals surface area contributed by atoms with Gasteiger partial charge in [0.05, 0.1) is 6.42 Å². The van der Waals surface area contributed by atoms with Gasteiger partial charge < -0.3 is 15.0 Å². The minimum atomic E-state index is -1.48. The maximum atomic E-state index is 12.8. The van der Waals surface area contributed by atoms with Crippen LogP contribution in [0.25, 0.3) is 10.8 Å². The average Bonchev–Trinajstić information content (AvgIpc) is 2.65. The Hall–Kier alpha value is -3.03. The number of carboxylic acid groups (broad SMARTS) is 1. The number of halogens is 1. The van der Waals surface area contributed by atoms with Crippen LogP contribution >= 0.6 is 0 Å². The molecule has 0 bridgehead atoms. The summed E-state index contributed by atoms with van der Waals surface area (Å²) < 4.78 is 14.0. The van der Waals surface area contributed by atoms with E-state index in [1.807, 2.05) is 6.92 Å². The molecule has 2 rings (SSSR count). The highest BCUT2D eigenvalue weighted by atomic mass is 19.1. The smallest absolute Gasteiger partial charge is 0.305 e. The highest BCUT2D eigenvalue weighted by Crippen LogP contribution is 2.16. The molecule has 0 radical (unpaired) electrons. The third-order valence-electron chi connectivity index (χ3n) is 4.26. The lowest BCUT2D eigenvalue weighted by Crippen LogP contribution is -2.47. The van der Waals surface area contributed by atoms with E-state index in [-0.39, 0.29) is 5.56 Å². The summed E-state index contributed by atoms with van der Waals surface area (Å²) in [4.78, 5) is 48.0. The number of nitrogens with zero attached hydrogens (tertiary/aromatic N) is 1. The summed E-state index contributed by atoms with van der Waals surface area (Å²) in [5, 5.41) is 12.3. The Balaban J connectivity index is 2.37. The molecule has 1 unspecified atom stereocenters. The number of benzene rings is 1. The lowest BCUT2D eigenvalue weighted by Gasteiger charge is -2.22. The van der Waals surface area contributed by atoms with Crippen LogP contribution in [0.3, 0.4) is 0 Å². The Morgan fingerprint density at radius 1 is 1.22 bits per heavy atom. The normalized spacial score (nSPS) is 13.1. The molecule has 0 aliphatic carbocycles. The van der Waals surface area contributed by atoms with E-state index in [1.54, 1.807) is 30.3 Å². The first-order chi connectivity index (χ1) is 12.9. The molecule has 0 aliphatic heterocycles. The number of amides is 1. The number of pyridine rings is 1. The quantitative estimate of drug-likeness (QED) is 0.695. The van der Waals surface area contributed by atoms with Gasteiger partial charge in [-0.1, -0.05) is 31.5 Å². The number of carbonyl (C=O) groups excluding carboxylic acids is 2. The standard InChI is InChI=1S/C19H21FN2O5/c1-2-5-15(18(26)21-14(10-17(24)25)16(23)11-20)22-9-8-12-6-3-4-7-13(12)19(22)27/h3-4,6-9,14-15H,2,5,10-11H2,1H3,(H,21,26)(H,24,25)/t14?,15-/m0/s1. The van der Waals surface area contributed by atoms with Gasteiger partial charge in [0, 0.05) is 11.6 Å². The maximum absolute atomic E-state index is 12.8. The fourth-order valence-corrected chi connectivity index (χ4v) is 2.90. The first-order valence-corrected chi connectivity index (χ1v) is 8.59. The topological polar surface area (TPSA) is 105 Å². The predicted molar refractivity (Wildman–Crippen MR) is 97.3 cm³/mol. The van der Waals surface area contributed by atoms with E-state index in [2.05, 4.69) is 5.32 Å². The van der Waals surface area contributed by atoms with Crippen molar-refractivity contribution in [3.63, 3.8) is 0 Å². The maximum Gasteiger partial charge on any atom is 0.305 e. The zero-order valence-corrected chi connectivity index (χ0v) is 14.9. The molecule has 0 saturated heterocycles. The van der Waals surface area contributed by atoms with Crippen molar-refractivity contribution in [3.8, 4) is 0 Å². The van der Waals surface area contributed by atoms with Crippen LogP contribution in [0, 0.1) is 0 Å². The zero-order chi connectivity index (χ0) is 20.0. The second-order valence-corrected chi connectivity index (χ2v) is 6.18. The molecule has 1 aromatic heterocycles. The molecule has 0 aliphatic rings. The van der Waals surface area contributed by atoms with Crippen molar-refractivity contribution >= 4 is 28.4 Å². The monoisotopic (exact) mass is 376 g/mol. The van der Waals surface area contributed by atoms with E-state index >= 15 is 0 Å². The van der Waals surface area contributed by atoms with Gasteiger partial charge in [-0.15, -0.1) is 0 Å². The van der Waals surface area contributed by atoms with Crippen molar-refractivity contribution in [2.24, 2.45) is 0 Å². The molecule has 0 saturated carbocycles. The van der Waals surface area contributed by atoms with Crippen LogP contribution in [0.15, 0.2) is 41.3 Å². The molecule has 2 aromatic rings. The Bertz CT molecular complexity index is 908. The number of hydrogen-bond acceptors (Lipinski definition) is 4. The fraction of sp³-hybridized carbons (Fsp3) is 0.368. The van der Waals surface area contributed by atoms with Crippen molar-refractivity contribution in [1.82, 2.24) is 9.88 Å². The van der Waals surface area contributed by atoms with E-state index in [4.69, 9.17) is 5.11 Å². The van der Waals surface area contributed by atoms with E-state index < -0.39 is 42.8 Å². The van der Waals surface area contributed by atoms with Gasteiger partial charge in [-0.05, 0) is 23.9 Å². The average molecular weight is 376 g/mol. The number of aromatic nitrogens is 1. The molecular weight excluding hydrogens is 355 g/mol. The molecular formula is C19H21FN2O5. The lowest BCUT2D eigenvalue weighted by atomic mass is 10.1. The fourth-order valence-electron chi connectivity index (χ4n) is 2.90. The summed E-state index contributed by atoms with van der Waals surface area (Å²) in [6.45, 7) is 0.445. The molecule has 2 atom stereocenters. The zero-order valence-electron chi connectivity index (χ0n) is 14.9. The van der Waals surface area contributed by atoms with Crippen molar-refractivity contribution < 1.29 is 23.9 Å². The number of hydrogen-bond donors (Lipinski definition) is 2. The summed E-state index contributed by atoms with van der Waals surface area (Å²) in [7, 11) is 0. The number of rotatable bonds is 9. The van der Waals surface area contributed by atoms with Crippen LogP contribution in [0.4, 0.5) is 4.39 Å². The van der Waals surface area contributed by atoms with E-state index in [9.17, 15) is 23.6 Å². The van der Waals surface area contributed by atoms with Gasteiger partial charge in [-0.25, -0.2) is 4.39 Å². The SMILES string of the molecule is CCC[C@@H](C(=O)NC(CC(=O)O)C(=O)CF)n1ccc2ccccc2c1=O. The Labute approximate surface area is 154 Å². The van der Waals surface area contributed by atoms with Crippen LogP contribution < -0.4 is 10.9 Å². The van der Waals surface area contributed by atoms with Crippen molar-refractivity contribution in [1.29, 1.82) is 0 Å². The second kappa shape index (κ2) is 9.07. The minimum Gasteiger partial charge on any atom is -0.481 e. The Morgan fingerprint density at radius 2 is 1.93 bits per heavy atom. The van der Waals surface area contributed by atoms with Crippen molar-refractivity contribution in [2.75, 3.05) is 6.67 Å². The van der Waals surface area contributed by atoms with Crippen LogP contribution in [0.1, 0.15) is 32.2 Å². The van der Waals surface area contributed by atoms with Gasteiger partial charge in [0.2, 0.25) is 5.91 Å². The van der Waals surface area contributed by atoms with Gasteiger partial charge in [0.15, 0.2) is 5.78 Å². The highest BCUT2D eigenvalue weighted by Gasteiger charge is 2.28. The van der Waals surface area contributed by atoms with Crippen molar-refractivity contribution in [2.45, 2.75) is 38.3 Å². The van der Waals surface area contributed by atoms with Crippen LogP contribution in [-0.4, -0.2) is 40.0 Å². The predicted octanol–water partition coefficient (Wildman–Crippen LogP) is 1.84. The first kappa shape index (κ1) is 20.3. The molecule has 1 aromatic carbocycles. The number of nitrogens with one attached hydrogen (secondary N) is 1. The molecule has 2 N–H and O–H groups in total. The number of Topliss-reactive ketones (excluding diaryl/α,β-unsaturated/α-hetero) is 1. The summed E-state index contributed by atoms with van der Waals surface area (Å²) in [6, 6.07) is 6.22. The minimum absolute atomic E-state index is 0.299. The summed E-state index contributed by atoms with van der Waals surface area (Å²) >= 11 is 0. The molecule has 0 spiro atoms. The van der Waals surface area contributed by atoms with E-state index in [1.165, 1.54) is 10.8 Å². The number of fused-ring (bicyclic) bond motifs is 1. The molecule has 27 heavy (non-hydrogen) atoms. The van der Waals surface area contributed by atoms with Gasteiger partial charge in [-0.2, -0.15) is 0 Å². The van der Waals surface area contributed by atoms with Gasteiger partial charge in [0.25, 0.3) is 5.56 Å². The molecule has 1 heterocycles. The molecule has 8 heteroatoms. The number of carboxylic acids is 1.